The molecule has 4 heteroatoms. The predicted octanol–water partition coefficient (Wildman–Crippen LogP) is 1.26. The quantitative estimate of drug-likeness (QED) is 0.458. The Balaban J connectivity index is 2.97. The Hall–Kier alpha value is 0.170. The molecule has 0 amide bonds. The Bertz CT molecular complexity index is 104. The third-order valence-corrected chi connectivity index (χ3v) is 1.95. The zero-order valence-electron chi connectivity index (χ0n) is 8.51. The van der Waals surface area contributed by atoms with Crippen molar-refractivity contribution < 1.29 is 9.47 Å². The highest BCUT2D eigenvalue weighted by Crippen LogP contribution is 2.00. The smallest absolute Gasteiger partial charge is 0.0626 e. The standard InChI is InChI=1S/C9H20ClNO2/c1-3-13-7-6-11-5-4-9(10)8-12-2/h9,11H,3-8H2,1-2H3. The van der Waals surface area contributed by atoms with Crippen molar-refractivity contribution in [3.8, 4) is 0 Å². The first-order chi connectivity index (χ1) is 6.31. The molecule has 0 heterocycles. The van der Waals surface area contributed by atoms with Gasteiger partial charge in [-0.05, 0) is 19.9 Å². The minimum absolute atomic E-state index is 0.115. The SMILES string of the molecule is CCOCCNCCC(Cl)COC. The normalized spacial score (nSPS) is 13.2. The number of ether oxygens (including phenoxy) is 2. The summed E-state index contributed by atoms with van der Waals surface area (Å²) in [5.41, 5.74) is 0. The topological polar surface area (TPSA) is 30.5 Å². The van der Waals surface area contributed by atoms with Crippen molar-refractivity contribution in [2.75, 3.05) is 40.0 Å². The molecule has 0 saturated heterocycles. The first-order valence-electron chi connectivity index (χ1n) is 4.72. The van der Waals surface area contributed by atoms with E-state index in [9.17, 15) is 0 Å². The molecule has 0 aromatic rings. The number of nitrogens with one attached hydrogen (secondary N) is 1. The summed E-state index contributed by atoms with van der Waals surface area (Å²) in [6.07, 6.45) is 0.932. The highest BCUT2D eigenvalue weighted by atomic mass is 35.5. The highest BCUT2D eigenvalue weighted by Gasteiger charge is 2.01. The van der Waals surface area contributed by atoms with Crippen LogP contribution in [-0.4, -0.2) is 45.4 Å². The lowest BCUT2D eigenvalue weighted by molar-refractivity contribution is 0.149. The van der Waals surface area contributed by atoms with E-state index in [0.717, 1.165) is 32.7 Å². The summed E-state index contributed by atoms with van der Waals surface area (Å²) in [6.45, 7) is 5.98. The molecule has 0 aliphatic carbocycles. The molecule has 0 saturated carbocycles. The van der Waals surface area contributed by atoms with Crippen molar-refractivity contribution >= 4 is 11.6 Å². The molecule has 0 aliphatic heterocycles. The fourth-order valence-corrected chi connectivity index (χ4v) is 1.17. The van der Waals surface area contributed by atoms with E-state index >= 15 is 0 Å². The van der Waals surface area contributed by atoms with Gasteiger partial charge in [0, 0.05) is 20.3 Å². The maximum atomic E-state index is 5.92. The number of halogens is 1. The van der Waals surface area contributed by atoms with E-state index in [0.29, 0.717) is 6.61 Å². The molecule has 1 unspecified atom stereocenters. The molecule has 0 radical (unpaired) electrons. The number of hydrogen-bond donors (Lipinski definition) is 1. The Morgan fingerprint density at radius 3 is 2.77 bits per heavy atom. The molecule has 0 aromatic heterocycles. The van der Waals surface area contributed by atoms with Crippen molar-refractivity contribution in [2.45, 2.75) is 18.7 Å². The molecular weight excluding hydrogens is 190 g/mol. The minimum atomic E-state index is 0.115. The van der Waals surface area contributed by atoms with Gasteiger partial charge in [0.2, 0.25) is 0 Å². The van der Waals surface area contributed by atoms with E-state index in [-0.39, 0.29) is 5.38 Å². The summed E-state index contributed by atoms with van der Waals surface area (Å²) in [5, 5.41) is 3.36. The van der Waals surface area contributed by atoms with Gasteiger partial charge in [0.1, 0.15) is 0 Å². The van der Waals surface area contributed by atoms with Gasteiger partial charge in [-0.2, -0.15) is 0 Å². The van der Waals surface area contributed by atoms with E-state index in [1.807, 2.05) is 6.92 Å². The second-order valence-electron chi connectivity index (χ2n) is 2.79. The minimum Gasteiger partial charge on any atom is -0.383 e. The van der Waals surface area contributed by atoms with E-state index in [1.165, 1.54) is 0 Å². The van der Waals surface area contributed by atoms with Crippen LogP contribution in [-0.2, 0) is 9.47 Å². The zero-order valence-corrected chi connectivity index (χ0v) is 9.27. The Labute approximate surface area is 85.7 Å². The van der Waals surface area contributed by atoms with Crippen LogP contribution in [0.3, 0.4) is 0 Å². The van der Waals surface area contributed by atoms with Crippen molar-refractivity contribution in [1.29, 1.82) is 0 Å². The molecule has 13 heavy (non-hydrogen) atoms. The molecule has 0 spiro atoms. The van der Waals surface area contributed by atoms with Crippen LogP contribution in [0, 0.1) is 0 Å². The van der Waals surface area contributed by atoms with E-state index in [4.69, 9.17) is 21.1 Å². The fourth-order valence-electron chi connectivity index (χ4n) is 0.937. The Kier molecular flexibility index (Phi) is 10.4. The van der Waals surface area contributed by atoms with E-state index < -0.39 is 0 Å². The number of methoxy groups -OCH3 is 1. The molecule has 0 bridgehead atoms. The average molecular weight is 210 g/mol. The van der Waals surface area contributed by atoms with Gasteiger partial charge in [-0.15, -0.1) is 11.6 Å². The molecule has 0 aliphatic rings. The molecule has 0 aromatic carbocycles. The molecule has 0 rings (SSSR count). The van der Waals surface area contributed by atoms with Crippen molar-refractivity contribution in [3.05, 3.63) is 0 Å². The van der Waals surface area contributed by atoms with Gasteiger partial charge in [-0.1, -0.05) is 0 Å². The first kappa shape index (κ1) is 13.2. The van der Waals surface area contributed by atoms with E-state index in [1.54, 1.807) is 7.11 Å². The van der Waals surface area contributed by atoms with Crippen LogP contribution in [0.1, 0.15) is 13.3 Å². The average Bonchev–Trinajstić information content (AvgIpc) is 2.11. The monoisotopic (exact) mass is 209 g/mol. The molecule has 3 nitrogen and oxygen atoms in total. The van der Waals surface area contributed by atoms with Crippen molar-refractivity contribution in [3.63, 3.8) is 0 Å². The first-order valence-corrected chi connectivity index (χ1v) is 5.16. The molecular formula is C9H20ClNO2. The van der Waals surface area contributed by atoms with Gasteiger partial charge in [-0.3, -0.25) is 0 Å². The number of hydrogen-bond acceptors (Lipinski definition) is 3. The van der Waals surface area contributed by atoms with Crippen LogP contribution in [0.4, 0.5) is 0 Å². The lowest BCUT2D eigenvalue weighted by Gasteiger charge is -2.08. The molecule has 0 fully saturated rings. The molecule has 1 N–H and O–H groups in total. The summed E-state index contributed by atoms with van der Waals surface area (Å²) in [7, 11) is 1.66. The summed E-state index contributed by atoms with van der Waals surface area (Å²) in [5.74, 6) is 0. The summed E-state index contributed by atoms with van der Waals surface area (Å²) in [6, 6.07) is 0. The van der Waals surface area contributed by atoms with Crippen LogP contribution in [0.25, 0.3) is 0 Å². The summed E-state index contributed by atoms with van der Waals surface area (Å²) in [4.78, 5) is 0. The lowest BCUT2D eigenvalue weighted by Crippen LogP contribution is -2.24. The second kappa shape index (κ2) is 10.3. The Morgan fingerprint density at radius 2 is 2.15 bits per heavy atom. The summed E-state index contributed by atoms with van der Waals surface area (Å²) < 4.78 is 10.1. The third kappa shape index (κ3) is 10.1. The van der Waals surface area contributed by atoms with Crippen LogP contribution in [0.15, 0.2) is 0 Å². The van der Waals surface area contributed by atoms with Crippen molar-refractivity contribution in [1.82, 2.24) is 5.32 Å². The van der Waals surface area contributed by atoms with Gasteiger partial charge >= 0.3 is 0 Å². The number of alkyl halides is 1. The van der Waals surface area contributed by atoms with Gasteiger partial charge in [0.25, 0.3) is 0 Å². The van der Waals surface area contributed by atoms with E-state index in [2.05, 4.69) is 5.32 Å². The lowest BCUT2D eigenvalue weighted by atomic mass is 10.3. The van der Waals surface area contributed by atoms with Crippen LogP contribution in [0.2, 0.25) is 0 Å². The van der Waals surface area contributed by atoms with Gasteiger partial charge in [0.15, 0.2) is 0 Å². The van der Waals surface area contributed by atoms with Crippen LogP contribution >= 0.6 is 11.6 Å². The third-order valence-electron chi connectivity index (χ3n) is 1.61. The van der Waals surface area contributed by atoms with Crippen LogP contribution < -0.4 is 5.32 Å². The van der Waals surface area contributed by atoms with Crippen LogP contribution in [0.5, 0.6) is 0 Å². The largest absolute Gasteiger partial charge is 0.383 e. The predicted molar refractivity (Wildman–Crippen MR) is 55.5 cm³/mol. The van der Waals surface area contributed by atoms with Gasteiger partial charge < -0.3 is 14.8 Å². The summed E-state index contributed by atoms with van der Waals surface area (Å²) >= 11 is 5.92. The van der Waals surface area contributed by atoms with Gasteiger partial charge in [-0.25, -0.2) is 0 Å². The zero-order chi connectivity index (χ0) is 9.94. The molecule has 80 valence electrons. The molecule has 1 atom stereocenters. The highest BCUT2D eigenvalue weighted by molar-refractivity contribution is 6.20. The Morgan fingerprint density at radius 1 is 1.38 bits per heavy atom. The fraction of sp³-hybridized carbons (Fsp3) is 1.00. The number of rotatable bonds is 9. The second-order valence-corrected chi connectivity index (χ2v) is 3.41. The van der Waals surface area contributed by atoms with Crippen molar-refractivity contribution in [2.24, 2.45) is 0 Å². The maximum absolute atomic E-state index is 5.92. The maximum Gasteiger partial charge on any atom is 0.0626 e. The van der Waals surface area contributed by atoms with Gasteiger partial charge in [0.05, 0.1) is 18.6 Å².